The van der Waals surface area contributed by atoms with Crippen molar-refractivity contribution in [2.45, 2.75) is 62.9 Å². The van der Waals surface area contributed by atoms with Crippen molar-refractivity contribution in [3.63, 3.8) is 0 Å². The van der Waals surface area contributed by atoms with E-state index in [1.807, 2.05) is 6.92 Å². The van der Waals surface area contributed by atoms with Gasteiger partial charge in [0.25, 0.3) is 15.9 Å². The highest BCUT2D eigenvalue weighted by molar-refractivity contribution is 7.91. The van der Waals surface area contributed by atoms with Gasteiger partial charge in [-0.25, -0.2) is 8.42 Å². The number of aromatic nitrogens is 2. The van der Waals surface area contributed by atoms with Crippen LogP contribution in [0.15, 0.2) is 38.0 Å². The SMILES string of the molecule is CCCc1nnc(C(=O)[C@H](CC)NC(=O)[C@H](CS(=O)(=O)CC2CC2)NC2=NS(=O)(=O)c3ccccc32)o1. The smallest absolute Gasteiger partial charge is 0.286 e. The summed E-state index contributed by atoms with van der Waals surface area (Å²) in [6, 6.07) is 3.59. The Balaban J connectivity index is 1.57. The normalized spacial score (nSPS) is 17.9. The first kappa shape index (κ1) is 26.9. The molecule has 12 nitrogen and oxygen atoms in total. The number of rotatable bonds is 12. The first-order chi connectivity index (χ1) is 17.5. The monoisotopic (exact) mass is 551 g/mol. The molecule has 2 atom stereocenters. The Morgan fingerprint density at radius 3 is 2.54 bits per heavy atom. The van der Waals surface area contributed by atoms with Gasteiger partial charge in [-0.2, -0.15) is 8.42 Å². The maximum Gasteiger partial charge on any atom is 0.286 e. The zero-order chi connectivity index (χ0) is 26.8. The number of sulfone groups is 1. The van der Waals surface area contributed by atoms with Gasteiger partial charge in [-0.15, -0.1) is 14.6 Å². The lowest BCUT2D eigenvalue weighted by molar-refractivity contribution is -0.122. The van der Waals surface area contributed by atoms with E-state index in [1.165, 1.54) is 12.1 Å². The summed E-state index contributed by atoms with van der Waals surface area (Å²) in [5.74, 6) is -2.08. The van der Waals surface area contributed by atoms with Gasteiger partial charge in [0, 0.05) is 12.0 Å². The van der Waals surface area contributed by atoms with E-state index < -0.39 is 49.4 Å². The summed E-state index contributed by atoms with van der Waals surface area (Å²) in [6.45, 7) is 3.59. The standard InChI is InChI=1S/C23H29N5O7S2/c1-3-7-19-26-27-23(35-19)20(29)16(4-2)25-22(30)17(13-36(31,32)12-14-10-11-14)24-21-15-8-5-6-9-18(15)37(33,34)28-21/h5-6,8-9,14,16-17H,3-4,7,10-13H2,1-2H3,(H,24,28)(H,25,30)/t16-,17-/m0/s1. The van der Waals surface area contributed by atoms with Crippen molar-refractivity contribution in [1.82, 2.24) is 20.8 Å². The number of fused-ring (bicyclic) bond motifs is 1. The summed E-state index contributed by atoms with van der Waals surface area (Å²) in [4.78, 5) is 26.2. The molecule has 4 rings (SSSR count). The third kappa shape index (κ3) is 6.42. The highest BCUT2D eigenvalue weighted by atomic mass is 32.2. The fourth-order valence-corrected chi connectivity index (χ4v) is 7.08. The molecule has 0 spiro atoms. The number of ketones is 1. The Bertz CT molecular complexity index is 1430. The predicted octanol–water partition coefficient (Wildman–Crippen LogP) is 1.03. The molecule has 1 aliphatic carbocycles. The number of aryl methyl sites for hydroxylation is 1. The van der Waals surface area contributed by atoms with Crippen LogP contribution in [0.4, 0.5) is 0 Å². The molecule has 0 bridgehead atoms. The number of amidine groups is 1. The van der Waals surface area contributed by atoms with E-state index in [2.05, 4.69) is 25.2 Å². The van der Waals surface area contributed by atoms with Gasteiger partial charge in [-0.3, -0.25) is 9.59 Å². The number of benzene rings is 1. The lowest BCUT2D eigenvalue weighted by Crippen LogP contribution is -2.54. The number of nitrogens with zero attached hydrogens (tertiary/aromatic N) is 3. The number of carbonyl (C=O) groups excluding carboxylic acids is 2. The number of Topliss-reactive ketones (excluding diaryl/α,β-unsaturated/α-hetero) is 1. The molecule has 1 fully saturated rings. The van der Waals surface area contributed by atoms with Gasteiger partial charge < -0.3 is 15.1 Å². The molecule has 1 aromatic carbocycles. The van der Waals surface area contributed by atoms with E-state index in [1.54, 1.807) is 19.1 Å². The maximum absolute atomic E-state index is 13.3. The fourth-order valence-electron chi connectivity index (χ4n) is 3.97. The van der Waals surface area contributed by atoms with Gasteiger partial charge in [0.1, 0.15) is 16.8 Å². The van der Waals surface area contributed by atoms with Crippen molar-refractivity contribution in [1.29, 1.82) is 0 Å². The topological polar surface area (TPSA) is 178 Å². The Morgan fingerprint density at radius 2 is 1.86 bits per heavy atom. The Morgan fingerprint density at radius 1 is 1.14 bits per heavy atom. The average Bonchev–Trinajstić information content (AvgIpc) is 3.45. The van der Waals surface area contributed by atoms with Crippen LogP contribution < -0.4 is 10.6 Å². The highest BCUT2D eigenvalue weighted by Crippen LogP contribution is 2.31. The first-order valence-corrected chi connectivity index (χ1v) is 15.4. The summed E-state index contributed by atoms with van der Waals surface area (Å²) in [6.07, 6.45) is 3.03. The van der Waals surface area contributed by atoms with Gasteiger partial charge in [-0.1, -0.05) is 26.0 Å². The van der Waals surface area contributed by atoms with Crippen LogP contribution in [0.2, 0.25) is 0 Å². The van der Waals surface area contributed by atoms with Crippen LogP contribution in [0, 0.1) is 5.92 Å². The van der Waals surface area contributed by atoms with E-state index in [9.17, 15) is 26.4 Å². The average molecular weight is 552 g/mol. The minimum atomic E-state index is -4.00. The molecular formula is C23H29N5O7S2. The van der Waals surface area contributed by atoms with Gasteiger partial charge in [0.2, 0.25) is 17.6 Å². The Kier molecular flexibility index (Phi) is 7.78. The zero-order valence-corrected chi connectivity index (χ0v) is 22.1. The highest BCUT2D eigenvalue weighted by Gasteiger charge is 2.37. The lowest BCUT2D eigenvalue weighted by atomic mass is 10.1. The number of hydrogen-bond donors (Lipinski definition) is 2. The van der Waals surface area contributed by atoms with Crippen molar-refractivity contribution < 1.29 is 30.8 Å². The predicted molar refractivity (Wildman–Crippen MR) is 133 cm³/mol. The van der Waals surface area contributed by atoms with E-state index in [0.717, 1.165) is 19.3 Å². The summed E-state index contributed by atoms with van der Waals surface area (Å²) in [5, 5.41) is 12.9. The van der Waals surface area contributed by atoms with E-state index >= 15 is 0 Å². The second kappa shape index (κ2) is 10.7. The first-order valence-electron chi connectivity index (χ1n) is 12.1. The molecule has 0 unspecified atom stereocenters. The lowest BCUT2D eigenvalue weighted by Gasteiger charge is -2.22. The van der Waals surface area contributed by atoms with Crippen LogP contribution in [-0.2, 0) is 31.1 Å². The van der Waals surface area contributed by atoms with Gasteiger partial charge in [0.05, 0.1) is 17.5 Å². The van der Waals surface area contributed by atoms with Crippen molar-refractivity contribution in [2.24, 2.45) is 10.3 Å². The van der Waals surface area contributed by atoms with E-state index in [4.69, 9.17) is 4.42 Å². The van der Waals surface area contributed by atoms with Crippen molar-refractivity contribution in [2.75, 3.05) is 11.5 Å². The molecule has 1 aliphatic heterocycles. The fraction of sp³-hybridized carbons (Fsp3) is 0.522. The quantitative estimate of drug-likeness (QED) is 0.362. The minimum Gasteiger partial charge on any atom is -0.418 e. The zero-order valence-electron chi connectivity index (χ0n) is 20.5. The van der Waals surface area contributed by atoms with E-state index in [-0.39, 0.29) is 40.3 Å². The molecule has 2 aromatic rings. The van der Waals surface area contributed by atoms with Crippen molar-refractivity contribution in [3.8, 4) is 0 Å². The van der Waals surface area contributed by atoms with E-state index in [0.29, 0.717) is 12.3 Å². The van der Waals surface area contributed by atoms with Gasteiger partial charge in [0.15, 0.2) is 9.84 Å². The minimum absolute atomic E-state index is 0.0432. The number of nitrogens with one attached hydrogen (secondary N) is 2. The third-order valence-electron chi connectivity index (χ3n) is 6.05. The summed E-state index contributed by atoms with van der Waals surface area (Å²) in [7, 11) is -7.68. The maximum atomic E-state index is 13.3. The van der Waals surface area contributed by atoms with Crippen LogP contribution in [-0.4, -0.2) is 68.1 Å². The molecule has 2 aliphatic rings. The van der Waals surface area contributed by atoms with Crippen LogP contribution in [0.5, 0.6) is 0 Å². The number of carbonyl (C=O) groups is 2. The molecule has 200 valence electrons. The molecule has 2 heterocycles. The second-order valence-corrected chi connectivity index (χ2v) is 12.9. The number of sulfonamides is 1. The van der Waals surface area contributed by atoms with Crippen LogP contribution in [0.3, 0.4) is 0 Å². The molecule has 1 amide bonds. The number of hydrogen-bond acceptors (Lipinski definition) is 10. The summed E-state index contributed by atoms with van der Waals surface area (Å²) < 4.78 is 59.7. The Labute approximate surface area is 215 Å². The molecule has 2 N–H and O–H groups in total. The second-order valence-electron chi connectivity index (χ2n) is 9.21. The molecule has 37 heavy (non-hydrogen) atoms. The van der Waals surface area contributed by atoms with Gasteiger partial charge in [-0.05, 0) is 43.7 Å². The molecule has 0 saturated heterocycles. The summed E-state index contributed by atoms with van der Waals surface area (Å²) in [5.41, 5.74) is 0.234. The van der Waals surface area contributed by atoms with Crippen LogP contribution >= 0.6 is 0 Å². The molecule has 1 aromatic heterocycles. The largest absolute Gasteiger partial charge is 0.418 e. The van der Waals surface area contributed by atoms with Crippen LogP contribution in [0.1, 0.15) is 61.7 Å². The molecular weight excluding hydrogens is 522 g/mol. The molecule has 14 heteroatoms. The van der Waals surface area contributed by atoms with Crippen molar-refractivity contribution in [3.05, 3.63) is 41.6 Å². The number of amides is 1. The molecule has 1 saturated carbocycles. The van der Waals surface area contributed by atoms with Crippen LogP contribution in [0.25, 0.3) is 0 Å². The van der Waals surface area contributed by atoms with Crippen molar-refractivity contribution >= 4 is 37.4 Å². The Hall–Kier alpha value is -3.13. The third-order valence-corrected chi connectivity index (χ3v) is 9.20. The summed E-state index contributed by atoms with van der Waals surface area (Å²) >= 11 is 0. The van der Waals surface area contributed by atoms with Gasteiger partial charge >= 0.3 is 0 Å². The molecule has 0 radical (unpaired) electrons.